The summed E-state index contributed by atoms with van der Waals surface area (Å²) in [5.74, 6) is 2.49. The molecule has 1 aromatic heterocycles. The number of anilines is 1. The Morgan fingerprint density at radius 1 is 1.16 bits per heavy atom. The van der Waals surface area contributed by atoms with Gasteiger partial charge in [0.05, 0.1) is 0 Å². The molecule has 0 saturated carbocycles. The number of aromatic nitrogens is 1. The average molecular weight is 263 g/mol. The maximum Gasteiger partial charge on any atom is 0.128 e. The minimum absolute atomic E-state index is 0.689. The quantitative estimate of drug-likeness (QED) is 0.780. The first-order chi connectivity index (χ1) is 8.99. The molecule has 0 fully saturated rings. The van der Waals surface area contributed by atoms with Crippen LogP contribution in [0.25, 0.3) is 0 Å². The molecule has 0 spiro atoms. The van der Waals surface area contributed by atoms with Crippen LogP contribution in [0, 0.1) is 11.8 Å². The summed E-state index contributed by atoms with van der Waals surface area (Å²) >= 11 is 0. The van der Waals surface area contributed by atoms with Gasteiger partial charge >= 0.3 is 0 Å². The van der Waals surface area contributed by atoms with Crippen LogP contribution < -0.4 is 10.2 Å². The lowest BCUT2D eigenvalue weighted by atomic mass is 10.1. The first kappa shape index (κ1) is 16.0. The van der Waals surface area contributed by atoms with Crippen LogP contribution in [-0.2, 0) is 6.54 Å². The second-order valence-corrected chi connectivity index (χ2v) is 6.15. The molecule has 1 rings (SSSR count). The zero-order valence-electron chi connectivity index (χ0n) is 13.1. The second kappa shape index (κ2) is 8.16. The monoisotopic (exact) mass is 263 g/mol. The Morgan fingerprint density at radius 2 is 1.89 bits per heavy atom. The van der Waals surface area contributed by atoms with Gasteiger partial charge < -0.3 is 10.2 Å². The van der Waals surface area contributed by atoms with Crippen molar-refractivity contribution in [1.82, 2.24) is 10.3 Å². The largest absolute Gasteiger partial charge is 0.360 e. The SMILES string of the molecule is CC(C)CCN(C)c1ccc(CNCC(C)C)cn1. The van der Waals surface area contributed by atoms with Crippen molar-refractivity contribution in [3.63, 3.8) is 0 Å². The molecule has 0 aliphatic rings. The maximum atomic E-state index is 4.54. The van der Waals surface area contributed by atoms with E-state index in [9.17, 15) is 0 Å². The molecule has 1 heterocycles. The smallest absolute Gasteiger partial charge is 0.128 e. The number of rotatable bonds is 8. The van der Waals surface area contributed by atoms with Gasteiger partial charge in [0.15, 0.2) is 0 Å². The van der Waals surface area contributed by atoms with Gasteiger partial charge in [-0.25, -0.2) is 4.98 Å². The Kier molecular flexibility index (Phi) is 6.85. The average Bonchev–Trinajstić information content (AvgIpc) is 2.36. The van der Waals surface area contributed by atoms with Gasteiger partial charge in [0, 0.05) is 26.3 Å². The molecule has 108 valence electrons. The molecule has 19 heavy (non-hydrogen) atoms. The lowest BCUT2D eigenvalue weighted by molar-refractivity contribution is 0.551. The van der Waals surface area contributed by atoms with Gasteiger partial charge in [-0.05, 0) is 36.4 Å². The third-order valence-corrected chi connectivity index (χ3v) is 3.12. The lowest BCUT2D eigenvalue weighted by Gasteiger charge is -2.19. The molecule has 0 aliphatic carbocycles. The summed E-state index contributed by atoms with van der Waals surface area (Å²) in [7, 11) is 2.11. The normalized spacial score (nSPS) is 11.3. The van der Waals surface area contributed by atoms with Crippen LogP contribution in [0.2, 0.25) is 0 Å². The fourth-order valence-electron chi connectivity index (χ4n) is 1.82. The molecule has 0 atom stereocenters. The van der Waals surface area contributed by atoms with Gasteiger partial charge in [-0.3, -0.25) is 0 Å². The molecule has 0 amide bonds. The van der Waals surface area contributed by atoms with Crippen molar-refractivity contribution in [3.8, 4) is 0 Å². The van der Waals surface area contributed by atoms with Crippen LogP contribution in [0.5, 0.6) is 0 Å². The van der Waals surface area contributed by atoms with Crippen molar-refractivity contribution < 1.29 is 0 Å². The highest BCUT2D eigenvalue weighted by Crippen LogP contribution is 2.11. The molecular formula is C16H29N3. The Balaban J connectivity index is 2.42. The van der Waals surface area contributed by atoms with Crippen molar-refractivity contribution in [2.45, 2.75) is 40.7 Å². The summed E-state index contributed by atoms with van der Waals surface area (Å²) in [5, 5.41) is 3.44. The van der Waals surface area contributed by atoms with E-state index in [1.165, 1.54) is 12.0 Å². The van der Waals surface area contributed by atoms with Gasteiger partial charge in [0.1, 0.15) is 5.82 Å². The molecular weight excluding hydrogens is 234 g/mol. The summed E-state index contributed by atoms with van der Waals surface area (Å²) in [6, 6.07) is 4.29. The highest BCUT2D eigenvalue weighted by Gasteiger charge is 2.04. The van der Waals surface area contributed by atoms with Gasteiger partial charge in [-0.2, -0.15) is 0 Å². The number of nitrogens with one attached hydrogen (secondary N) is 1. The van der Waals surface area contributed by atoms with E-state index in [1.807, 2.05) is 6.20 Å². The number of pyridine rings is 1. The van der Waals surface area contributed by atoms with Crippen LogP contribution in [0.4, 0.5) is 5.82 Å². The van der Waals surface area contributed by atoms with E-state index in [1.54, 1.807) is 0 Å². The lowest BCUT2D eigenvalue weighted by Crippen LogP contribution is -2.21. The Hall–Kier alpha value is -1.09. The van der Waals surface area contributed by atoms with E-state index in [-0.39, 0.29) is 0 Å². The molecule has 0 bridgehead atoms. The summed E-state index contributed by atoms with van der Waals surface area (Å²) in [4.78, 5) is 6.77. The van der Waals surface area contributed by atoms with Crippen LogP contribution >= 0.6 is 0 Å². The Labute approximate surface area is 118 Å². The minimum Gasteiger partial charge on any atom is -0.360 e. The van der Waals surface area contributed by atoms with E-state index in [0.29, 0.717) is 5.92 Å². The predicted molar refractivity (Wildman–Crippen MR) is 83.5 cm³/mol. The van der Waals surface area contributed by atoms with E-state index >= 15 is 0 Å². The first-order valence-corrected chi connectivity index (χ1v) is 7.35. The molecule has 0 saturated heterocycles. The zero-order valence-corrected chi connectivity index (χ0v) is 13.1. The Morgan fingerprint density at radius 3 is 2.42 bits per heavy atom. The number of nitrogens with zero attached hydrogens (tertiary/aromatic N) is 2. The van der Waals surface area contributed by atoms with Crippen LogP contribution in [0.1, 0.15) is 39.7 Å². The van der Waals surface area contributed by atoms with Gasteiger partial charge in [0.2, 0.25) is 0 Å². The van der Waals surface area contributed by atoms with Crippen molar-refractivity contribution in [1.29, 1.82) is 0 Å². The first-order valence-electron chi connectivity index (χ1n) is 7.35. The van der Waals surface area contributed by atoms with Gasteiger partial charge in [-0.15, -0.1) is 0 Å². The number of hydrogen-bond acceptors (Lipinski definition) is 3. The molecule has 1 N–H and O–H groups in total. The third-order valence-electron chi connectivity index (χ3n) is 3.12. The topological polar surface area (TPSA) is 28.2 Å². The van der Waals surface area contributed by atoms with Gasteiger partial charge in [-0.1, -0.05) is 33.8 Å². The highest BCUT2D eigenvalue weighted by molar-refractivity contribution is 5.38. The molecule has 0 aromatic carbocycles. The molecule has 0 unspecified atom stereocenters. The van der Waals surface area contributed by atoms with E-state index < -0.39 is 0 Å². The second-order valence-electron chi connectivity index (χ2n) is 6.15. The van der Waals surface area contributed by atoms with Crippen LogP contribution in [0.15, 0.2) is 18.3 Å². The molecule has 0 aliphatic heterocycles. The standard InChI is InChI=1S/C16H29N3/c1-13(2)8-9-19(5)16-7-6-15(12-18-16)11-17-10-14(3)4/h6-7,12-14,17H,8-11H2,1-5H3. The maximum absolute atomic E-state index is 4.54. The van der Waals surface area contributed by atoms with Gasteiger partial charge in [0.25, 0.3) is 0 Å². The molecule has 3 heteroatoms. The summed E-state index contributed by atoms with van der Waals surface area (Å²) in [6.45, 7) is 12.0. The summed E-state index contributed by atoms with van der Waals surface area (Å²) in [5.41, 5.74) is 1.25. The Bertz CT molecular complexity index is 344. The third kappa shape index (κ3) is 6.58. The van der Waals surface area contributed by atoms with Crippen LogP contribution in [0.3, 0.4) is 0 Å². The van der Waals surface area contributed by atoms with E-state index in [0.717, 1.165) is 31.4 Å². The van der Waals surface area contributed by atoms with Crippen molar-refractivity contribution >= 4 is 5.82 Å². The predicted octanol–water partition coefficient (Wildman–Crippen LogP) is 3.31. The highest BCUT2D eigenvalue weighted by atomic mass is 15.2. The molecule has 1 aromatic rings. The van der Waals surface area contributed by atoms with Crippen molar-refractivity contribution in [2.75, 3.05) is 25.0 Å². The zero-order chi connectivity index (χ0) is 14.3. The van der Waals surface area contributed by atoms with Crippen molar-refractivity contribution in [3.05, 3.63) is 23.9 Å². The summed E-state index contributed by atoms with van der Waals surface area (Å²) in [6.07, 6.45) is 3.18. The van der Waals surface area contributed by atoms with E-state index in [4.69, 9.17) is 0 Å². The molecule has 0 radical (unpaired) electrons. The van der Waals surface area contributed by atoms with E-state index in [2.05, 4.69) is 62.1 Å². The summed E-state index contributed by atoms with van der Waals surface area (Å²) < 4.78 is 0. The fourth-order valence-corrected chi connectivity index (χ4v) is 1.82. The number of hydrogen-bond donors (Lipinski definition) is 1. The van der Waals surface area contributed by atoms with Crippen molar-refractivity contribution in [2.24, 2.45) is 11.8 Å². The minimum atomic E-state index is 0.689. The fraction of sp³-hybridized carbons (Fsp3) is 0.688. The van der Waals surface area contributed by atoms with Crippen LogP contribution in [-0.4, -0.2) is 25.1 Å². The molecule has 3 nitrogen and oxygen atoms in total.